The first-order valence-electron chi connectivity index (χ1n) is 7.47. The lowest BCUT2D eigenvalue weighted by molar-refractivity contribution is 0.289. The summed E-state index contributed by atoms with van der Waals surface area (Å²) in [5, 5.41) is 3.95. The highest BCUT2D eigenvalue weighted by Gasteiger charge is 2.38. The Bertz CT molecular complexity index is 417. The Hall–Kier alpha value is -0.860. The van der Waals surface area contributed by atoms with Crippen molar-refractivity contribution in [3.05, 3.63) is 35.4 Å². The molecule has 3 aliphatic rings. The van der Waals surface area contributed by atoms with Crippen LogP contribution in [0.1, 0.15) is 30.4 Å². The molecule has 18 heavy (non-hydrogen) atoms. The Morgan fingerprint density at radius 3 is 2.56 bits per heavy atom. The fourth-order valence-corrected chi connectivity index (χ4v) is 4.26. The highest BCUT2D eigenvalue weighted by Crippen LogP contribution is 2.30. The smallest absolute Gasteiger partial charge is 0.0250 e. The lowest BCUT2D eigenvalue weighted by Crippen LogP contribution is -2.44. The Morgan fingerprint density at radius 2 is 1.78 bits per heavy atom. The summed E-state index contributed by atoms with van der Waals surface area (Å²) < 4.78 is 0. The molecule has 0 spiro atoms. The molecule has 0 aromatic heterocycles. The van der Waals surface area contributed by atoms with Crippen molar-refractivity contribution in [3.8, 4) is 0 Å². The lowest BCUT2D eigenvalue weighted by Gasteiger charge is -2.24. The van der Waals surface area contributed by atoms with Crippen LogP contribution >= 0.6 is 0 Å². The van der Waals surface area contributed by atoms with E-state index in [-0.39, 0.29) is 0 Å². The molecule has 2 aliphatic heterocycles. The van der Waals surface area contributed by atoms with E-state index in [1.54, 1.807) is 11.1 Å². The SMILES string of the molecule is c1ccc2c(c1)CC(NC1CCN3CCCC13)C2. The summed E-state index contributed by atoms with van der Waals surface area (Å²) >= 11 is 0. The van der Waals surface area contributed by atoms with Crippen molar-refractivity contribution >= 4 is 0 Å². The number of fused-ring (bicyclic) bond motifs is 2. The highest BCUT2D eigenvalue weighted by atomic mass is 15.2. The number of rotatable bonds is 2. The molecule has 1 aromatic rings. The molecule has 4 rings (SSSR count). The fourth-order valence-electron chi connectivity index (χ4n) is 4.26. The second kappa shape index (κ2) is 4.36. The number of nitrogens with one attached hydrogen (secondary N) is 1. The second-order valence-electron chi connectivity index (χ2n) is 6.18. The van der Waals surface area contributed by atoms with Gasteiger partial charge in [-0.2, -0.15) is 0 Å². The molecule has 0 saturated carbocycles. The average molecular weight is 242 g/mol. The predicted molar refractivity (Wildman–Crippen MR) is 73.8 cm³/mol. The van der Waals surface area contributed by atoms with E-state index >= 15 is 0 Å². The maximum atomic E-state index is 3.95. The van der Waals surface area contributed by atoms with E-state index in [0.29, 0.717) is 6.04 Å². The van der Waals surface area contributed by atoms with Gasteiger partial charge >= 0.3 is 0 Å². The molecule has 2 heteroatoms. The molecule has 0 amide bonds. The number of nitrogens with zero attached hydrogens (tertiary/aromatic N) is 1. The first-order valence-corrected chi connectivity index (χ1v) is 7.47. The number of benzene rings is 1. The number of hydrogen-bond acceptors (Lipinski definition) is 2. The molecule has 2 nitrogen and oxygen atoms in total. The summed E-state index contributed by atoms with van der Waals surface area (Å²) in [6, 6.07) is 11.2. The third-order valence-corrected chi connectivity index (χ3v) is 5.11. The normalized spacial score (nSPS) is 31.8. The maximum absolute atomic E-state index is 3.95. The van der Waals surface area contributed by atoms with Crippen molar-refractivity contribution < 1.29 is 0 Å². The minimum Gasteiger partial charge on any atom is -0.309 e. The van der Waals surface area contributed by atoms with Gasteiger partial charge in [0.15, 0.2) is 0 Å². The van der Waals surface area contributed by atoms with Crippen LogP contribution in [0, 0.1) is 0 Å². The van der Waals surface area contributed by atoms with Gasteiger partial charge in [-0.1, -0.05) is 24.3 Å². The zero-order valence-electron chi connectivity index (χ0n) is 10.9. The molecule has 2 atom stereocenters. The Morgan fingerprint density at radius 1 is 1.00 bits per heavy atom. The molecule has 2 saturated heterocycles. The molecule has 2 unspecified atom stereocenters. The van der Waals surface area contributed by atoms with Gasteiger partial charge < -0.3 is 5.32 Å². The fraction of sp³-hybridized carbons (Fsp3) is 0.625. The molecule has 2 fully saturated rings. The van der Waals surface area contributed by atoms with Gasteiger partial charge in [-0.25, -0.2) is 0 Å². The van der Waals surface area contributed by atoms with E-state index in [4.69, 9.17) is 0 Å². The van der Waals surface area contributed by atoms with Crippen LogP contribution in [0.15, 0.2) is 24.3 Å². The standard InChI is InChI=1S/C16H22N2/c1-2-5-13-11-14(10-12(13)4-1)17-15-7-9-18-8-3-6-16(15)18/h1-2,4-5,14-17H,3,6-11H2. The van der Waals surface area contributed by atoms with Crippen LogP contribution in [0.4, 0.5) is 0 Å². The largest absolute Gasteiger partial charge is 0.309 e. The third-order valence-electron chi connectivity index (χ3n) is 5.11. The van der Waals surface area contributed by atoms with E-state index in [2.05, 4.69) is 34.5 Å². The third kappa shape index (κ3) is 1.79. The minimum absolute atomic E-state index is 0.688. The van der Waals surface area contributed by atoms with Crippen LogP contribution in [0.3, 0.4) is 0 Å². The summed E-state index contributed by atoms with van der Waals surface area (Å²) in [4.78, 5) is 2.69. The van der Waals surface area contributed by atoms with Gasteiger partial charge in [0.1, 0.15) is 0 Å². The van der Waals surface area contributed by atoms with Gasteiger partial charge in [0.2, 0.25) is 0 Å². The van der Waals surface area contributed by atoms with E-state index in [0.717, 1.165) is 12.1 Å². The highest BCUT2D eigenvalue weighted by molar-refractivity contribution is 5.33. The summed E-state index contributed by atoms with van der Waals surface area (Å²) in [7, 11) is 0. The van der Waals surface area contributed by atoms with Gasteiger partial charge in [-0.05, 0) is 49.8 Å². The first-order chi connectivity index (χ1) is 8.90. The zero-order valence-corrected chi connectivity index (χ0v) is 10.9. The Labute approximate surface area is 109 Å². The molecular formula is C16H22N2. The van der Waals surface area contributed by atoms with Crippen molar-refractivity contribution in [3.63, 3.8) is 0 Å². The van der Waals surface area contributed by atoms with E-state index in [1.165, 1.54) is 45.2 Å². The molecular weight excluding hydrogens is 220 g/mol. The van der Waals surface area contributed by atoms with E-state index in [1.807, 2.05) is 0 Å². The maximum Gasteiger partial charge on any atom is 0.0250 e. The molecule has 1 aromatic carbocycles. The Kier molecular flexibility index (Phi) is 2.66. The predicted octanol–water partition coefficient (Wildman–Crippen LogP) is 1.98. The van der Waals surface area contributed by atoms with Gasteiger partial charge in [0, 0.05) is 24.7 Å². The van der Waals surface area contributed by atoms with E-state index in [9.17, 15) is 0 Å². The molecule has 0 bridgehead atoms. The quantitative estimate of drug-likeness (QED) is 0.853. The molecule has 1 aliphatic carbocycles. The summed E-state index contributed by atoms with van der Waals surface area (Å²) in [5.74, 6) is 0. The van der Waals surface area contributed by atoms with Gasteiger partial charge in [-0.3, -0.25) is 4.90 Å². The van der Waals surface area contributed by atoms with Crippen LogP contribution in [-0.2, 0) is 12.8 Å². The number of hydrogen-bond donors (Lipinski definition) is 1. The molecule has 1 N–H and O–H groups in total. The second-order valence-corrected chi connectivity index (χ2v) is 6.18. The topological polar surface area (TPSA) is 15.3 Å². The molecule has 2 heterocycles. The Balaban J connectivity index is 1.42. The van der Waals surface area contributed by atoms with Crippen LogP contribution in [0.5, 0.6) is 0 Å². The lowest BCUT2D eigenvalue weighted by atomic mass is 10.0. The van der Waals surface area contributed by atoms with Crippen molar-refractivity contribution in [1.82, 2.24) is 10.2 Å². The molecule has 96 valence electrons. The van der Waals surface area contributed by atoms with Crippen molar-refractivity contribution in [1.29, 1.82) is 0 Å². The van der Waals surface area contributed by atoms with Crippen LogP contribution in [0.25, 0.3) is 0 Å². The molecule has 0 radical (unpaired) electrons. The summed E-state index contributed by atoms with van der Waals surface area (Å²) in [6.45, 7) is 2.66. The van der Waals surface area contributed by atoms with Gasteiger partial charge in [-0.15, -0.1) is 0 Å². The van der Waals surface area contributed by atoms with E-state index < -0.39 is 0 Å². The van der Waals surface area contributed by atoms with Gasteiger partial charge in [0.05, 0.1) is 0 Å². The van der Waals surface area contributed by atoms with Crippen molar-refractivity contribution in [2.24, 2.45) is 0 Å². The van der Waals surface area contributed by atoms with Crippen molar-refractivity contribution in [2.45, 2.75) is 50.2 Å². The summed E-state index contributed by atoms with van der Waals surface area (Å²) in [5.41, 5.74) is 3.13. The van der Waals surface area contributed by atoms with Crippen LogP contribution in [-0.4, -0.2) is 36.1 Å². The zero-order chi connectivity index (χ0) is 11.9. The first kappa shape index (κ1) is 11.0. The van der Waals surface area contributed by atoms with Crippen LogP contribution in [0.2, 0.25) is 0 Å². The average Bonchev–Trinajstić information content (AvgIpc) is 3.05. The van der Waals surface area contributed by atoms with Crippen LogP contribution < -0.4 is 5.32 Å². The summed E-state index contributed by atoms with van der Waals surface area (Å²) in [6.07, 6.45) is 6.65. The monoisotopic (exact) mass is 242 g/mol. The van der Waals surface area contributed by atoms with Crippen molar-refractivity contribution in [2.75, 3.05) is 13.1 Å². The minimum atomic E-state index is 0.688. The van der Waals surface area contributed by atoms with Gasteiger partial charge in [0.25, 0.3) is 0 Å².